The molecule has 0 fully saturated rings. The van der Waals surface area contributed by atoms with Gasteiger partial charge in [-0.05, 0) is 54.7 Å². The average Bonchev–Trinajstić information content (AvgIpc) is 2.65. The van der Waals surface area contributed by atoms with Crippen LogP contribution in [0.2, 0.25) is 0 Å². The largest absolute Gasteiger partial charge is 0.493 e. The Hall–Kier alpha value is -2.21. The van der Waals surface area contributed by atoms with E-state index in [-0.39, 0.29) is 6.04 Å². The number of benzene rings is 2. The standard InChI is InChI=1S/C21H24F3NO2/c1-14(9-15-5-4-6-18(10-15)21(22,23)24)25-8-7-16-11-19(26-2)20(27-3)12-17(16)13-25/h4-6,10-12,14H,7-9,13H2,1-3H3. The Labute approximate surface area is 157 Å². The molecule has 3 nitrogen and oxygen atoms in total. The molecule has 0 aromatic heterocycles. The molecule has 2 aromatic rings. The molecular weight excluding hydrogens is 355 g/mol. The Balaban J connectivity index is 1.73. The molecule has 27 heavy (non-hydrogen) atoms. The summed E-state index contributed by atoms with van der Waals surface area (Å²) in [7, 11) is 3.23. The summed E-state index contributed by atoms with van der Waals surface area (Å²) in [5, 5.41) is 0. The first-order valence-electron chi connectivity index (χ1n) is 8.95. The topological polar surface area (TPSA) is 21.7 Å². The number of ether oxygens (including phenoxy) is 2. The molecule has 1 heterocycles. The van der Waals surface area contributed by atoms with Crippen molar-refractivity contribution in [3.8, 4) is 11.5 Å². The fourth-order valence-corrected chi connectivity index (χ4v) is 3.63. The van der Waals surface area contributed by atoms with E-state index in [4.69, 9.17) is 9.47 Å². The van der Waals surface area contributed by atoms with Crippen molar-refractivity contribution in [2.75, 3.05) is 20.8 Å². The zero-order valence-corrected chi connectivity index (χ0v) is 15.8. The molecule has 1 atom stereocenters. The molecule has 0 bridgehead atoms. The van der Waals surface area contributed by atoms with Crippen LogP contribution in [0.1, 0.15) is 29.2 Å². The number of halogens is 3. The smallest absolute Gasteiger partial charge is 0.416 e. The van der Waals surface area contributed by atoms with Crippen molar-refractivity contribution >= 4 is 0 Å². The van der Waals surface area contributed by atoms with Gasteiger partial charge in [0.15, 0.2) is 11.5 Å². The van der Waals surface area contributed by atoms with Gasteiger partial charge >= 0.3 is 6.18 Å². The summed E-state index contributed by atoms with van der Waals surface area (Å²) in [6.07, 6.45) is -2.85. The highest BCUT2D eigenvalue weighted by molar-refractivity contribution is 5.48. The first-order chi connectivity index (χ1) is 12.8. The highest BCUT2D eigenvalue weighted by atomic mass is 19.4. The van der Waals surface area contributed by atoms with Crippen LogP contribution >= 0.6 is 0 Å². The van der Waals surface area contributed by atoms with Gasteiger partial charge < -0.3 is 9.47 Å². The lowest BCUT2D eigenvalue weighted by atomic mass is 9.96. The predicted octanol–water partition coefficient (Wildman–Crippen LogP) is 4.71. The minimum atomic E-state index is -4.31. The van der Waals surface area contributed by atoms with Crippen LogP contribution in [0, 0.1) is 0 Å². The second-order valence-corrected chi connectivity index (χ2v) is 6.95. The predicted molar refractivity (Wildman–Crippen MR) is 98.3 cm³/mol. The van der Waals surface area contributed by atoms with E-state index in [9.17, 15) is 13.2 Å². The van der Waals surface area contributed by atoms with E-state index >= 15 is 0 Å². The van der Waals surface area contributed by atoms with Crippen LogP contribution in [-0.2, 0) is 25.6 Å². The van der Waals surface area contributed by atoms with Crippen molar-refractivity contribution in [1.29, 1.82) is 0 Å². The van der Waals surface area contributed by atoms with Gasteiger partial charge in [0.25, 0.3) is 0 Å². The van der Waals surface area contributed by atoms with E-state index in [0.717, 1.165) is 31.3 Å². The summed E-state index contributed by atoms with van der Waals surface area (Å²) in [6, 6.07) is 9.76. The van der Waals surface area contributed by atoms with E-state index in [1.54, 1.807) is 20.3 Å². The highest BCUT2D eigenvalue weighted by Crippen LogP contribution is 2.34. The van der Waals surface area contributed by atoms with E-state index < -0.39 is 11.7 Å². The molecule has 2 aromatic carbocycles. The molecule has 0 amide bonds. The molecule has 1 unspecified atom stereocenters. The van der Waals surface area contributed by atoms with Gasteiger partial charge in [-0.1, -0.05) is 18.2 Å². The van der Waals surface area contributed by atoms with Gasteiger partial charge in [0, 0.05) is 19.1 Å². The Kier molecular flexibility index (Phi) is 5.65. The number of nitrogens with zero attached hydrogens (tertiary/aromatic N) is 1. The molecule has 0 saturated carbocycles. The summed E-state index contributed by atoms with van der Waals surface area (Å²) in [4.78, 5) is 2.30. The minimum absolute atomic E-state index is 0.134. The number of methoxy groups -OCH3 is 2. The van der Waals surface area contributed by atoms with Gasteiger partial charge in [0.05, 0.1) is 19.8 Å². The SMILES string of the molecule is COc1cc2c(cc1OC)CN(C(C)Cc1cccc(C(F)(F)F)c1)CC2. The summed E-state index contributed by atoms with van der Waals surface area (Å²) < 4.78 is 49.5. The molecule has 1 aliphatic rings. The summed E-state index contributed by atoms with van der Waals surface area (Å²) in [5.74, 6) is 1.42. The zero-order chi connectivity index (χ0) is 19.6. The van der Waals surface area contributed by atoms with Crippen LogP contribution in [0.15, 0.2) is 36.4 Å². The number of hydrogen-bond acceptors (Lipinski definition) is 3. The average molecular weight is 379 g/mol. The molecule has 146 valence electrons. The Morgan fingerprint density at radius 1 is 1.04 bits per heavy atom. The maximum absolute atomic E-state index is 12.9. The molecule has 1 aliphatic heterocycles. The Bertz CT molecular complexity index is 804. The molecule has 0 N–H and O–H groups in total. The van der Waals surface area contributed by atoms with Crippen molar-refractivity contribution < 1.29 is 22.6 Å². The monoisotopic (exact) mass is 379 g/mol. The molecular formula is C21H24F3NO2. The molecule has 6 heteroatoms. The lowest BCUT2D eigenvalue weighted by Crippen LogP contribution is -2.38. The molecule has 0 saturated heterocycles. The van der Waals surface area contributed by atoms with Crippen molar-refractivity contribution in [3.05, 3.63) is 58.7 Å². The number of alkyl halides is 3. The second kappa shape index (κ2) is 7.80. The normalized spacial score (nSPS) is 15.9. The van der Waals surface area contributed by atoms with Gasteiger partial charge in [-0.2, -0.15) is 13.2 Å². The van der Waals surface area contributed by atoms with Crippen LogP contribution in [0.4, 0.5) is 13.2 Å². The maximum atomic E-state index is 12.9. The lowest BCUT2D eigenvalue weighted by molar-refractivity contribution is -0.137. The fraction of sp³-hybridized carbons (Fsp3) is 0.429. The van der Waals surface area contributed by atoms with Crippen LogP contribution in [0.5, 0.6) is 11.5 Å². The summed E-state index contributed by atoms with van der Waals surface area (Å²) >= 11 is 0. The third-order valence-electron chi connectivity index (χ3n) is 5.16. The van der Waals surface area contributed by atoms with Crippen molar-refractivity contribution in [3.63, 3.8) is 0 Å². The van der Waals surface area contributed by atoms with E-state index in [1.807, 2.05) is 12.1 Å². The fourth-order valence-electron chi connectivity index (χ4n) is 3.63. The molecule has 0 spiro atoms. The minimum Gasteiger partial charge on any atom is -0.493 e. The van der Waals surface area contributed by atoms with E-state index in [1.165, 1.54) is 23.3 Å². The maximum Gasteiger partial charge on any atom is 0.416 e. The number of fused-ring (bicyclic) bond motifs is 1. The van der Waals surface area contributed by atoms with Crippen LogP contribution < -0.4 is 9.47 Å². The molecule has 0 radical (unpaired) electrons. The lowest BCUT2D eigenvalue weighted by Gasteiger charge is -2.34. The molecule has 0 aliphatic carbocycles. The van der Waals surface area contributed by atoms with Crippen LogP contribution in [0.25, 0.3) is 0 Å². The van der Waals surface area contributed by atoms with Gasteiger partial charge in [-0.25, -0.2) is 0 Å². The highest BCUT2D eigenvalue weighted by Gasteiger charge is 2.30. The van der Waals surface area contributed by atoms with Gasteiger partial charge in [0.2, 0.25) is 0 Å². The van der Waals surface area contributed by atoms with Gasteiger partial charge in [-0.15, -0.1) is 0 Å². The Morgan fingerprint density at radius 3 is 2.33 bits per heavy atom. The summed E-state index contributed by atoms with van der Waals surface area (Å²) in [5.41, 5.74) is 2.52. The molecule has 3 rings (SSSR count). The van der Waals surface area contributed by atoms with Crippen molar-refractivity contribution in [1.82, 2.24) is 4.90 Å². The quantitative estimate of drug-likeness (QED) is 0.751. The zero-order valence-electron chi connectivity index (χ0n) is 15.8. The Morgan fingerprint density at radius 2 is 1.70 bits per heavy atom. The van der Waals surface area contributed by atoms with E-state index in [2.05, 4.69) is 11.8 Å². The van der Waals surface area contributed by atoms with Gasteiger partial charge in [0.1, 0.15) is 0 Å². The van der Waals surface area contributed by atoms with Crippen LogP contribution in [0.3, 0.4) is 0 Å². The van der Waals surface area contributed by atoms with Crippen molar-refractivity contribution in [2.45, 2.75) is 38.5 Å². The first-order valence-corrected chi connectivity index (χ1v) is 8.95. The number of rotatable bonds is 5. The van der Waals surface area contributed by atoms with E-state index in [0.29, 0.717) is 17.7 Å². The first kappa shape index (κ1) is 19.5. The third-order valence-corrected chi connectivity index (χ3v) is 5.16. The summed E-state index contributed by atoms with van der Waals surface area (Å²) in [6.45, 7) is 3.67. The third kappa shape index (κ3) is 4.38. The van der Waals surface area contributed by atoms with Gasteiger partial charge in [-0.3, -0.25) is 4.90 Å². The van der Waals surface area contributed by atoms with Crippen molar-refractivity contribution in [2.24, 2.45) is 0 Å². The number of hydrogen-bond donors (Lipinski definition) is 0. The van der Waals surface area contributed by atoms with Crippen LogP contribution in [-0.4, -0.2) is 31.7 Å². The second-order valence-electron chi connectivity index (χ2n) is 6.95.